The van der Waals surface area contributed by atoms with Gasteiger partial charge in [0.25, 0.3) is 0 Å². The maximum Gasteiger partial charge on any atom is 0.227 e. The third kappa shape index (κ3) is 2.48. The van der Waals surface area contributed by atoms with E-state index in [9.17, 15) is 9.59 Å². The number of para-hydroxylation sites is 1. The maximum atomic E-state index is 10.1. The van der Waals surface area contributed by atoms with E-state index in [0.717, 1.165) is 0 Å². The molecule has 0 radical (unpaired) electrons. The Morgan fingerprint density at radius 1 is 0.938 bits per heavy atom. The van der Waals surface area contributed by atoms with E-state index in [1.54, 1.807) is 0 Å². The summed E-state index contributed by atoms with van der Waals surface area (Å²) < 4.78 is 0. The van der Waals surface area contributed by atoms with Crippen LogP contribution in [0, 0.1) is 0 Å². The zero-order chi connectivity index (χ0) is 11.4. The van der Waals surface area contributed by atoms with Crippen LogP contribution in [0.3, 0.4) is 0 Å². The first kappa shape index (κ1) is 10.4. The molecule has 4 heteroatoms. The van der Waals surface area contributed by atoms with Crippen LogP contribution in [0.25, 0.3) is 10.9 Å². The van der Waals surface area contributed by atoms with Gasteiger partial charge in [0.05, 0.1) is 0 Å². The summed E-state index contributed by atoms with van der Waals surface area (Å²) in [6, 6.07) is 10.3. The second-order valence-corrected chi connectivity index (χ2v) is 3.54. The summed E-state index contributed by atoms with van der Waals surface area (Å²) in [7, 11) is 0. The molecule has 2 amide bonds. The minimum atomic E-state index is -0.148. The Morgan fingerprint density at radius 2 is 1.62 bits per heavy atom. The minimum Gasteiger partial charge on any atom is -0.361 e. The first-order valence-electron chi connectivity index (χ1n) is 5.10. The lowest BCUT2D eigenvalue weighted by atomic mass is 10.3. The van der Waals surface area contributed by atoms with Crippen molar-refractivity contribution in [3.63, 3.8) is 0 Å². The van der Waals surface area contributed by atoms with Gasteiger partial charge in [0.15, 0.2) is 0 Å². The van der Waals surface area contributed by atoms with E-state index < -0.39 is 0 Å². The number of aromatic amines is 1. The van der Waals surface area contributed by atoms with Gasteiger partial charge in [-0.1, -0.05) is 18.2 Å². The van der Waals surface area contributed by atoms with Crippen molar-refractivity contribution in [2.24, 2.45) is 0 Å². The quantitative estimate of drug-likeness (QED) is 0.657. The number of fused-ring (bicyclic) bond motifs is 1. The smallest absolute Gasteiger partial charge is 0.227 e. The first-order chi connectivity index (χ1) is 7.75. The van der Waals surface area contributed by atoms with E-state index in [4.69, 9.17) is 0 Å². The summed E-state index contributed by atoms with van der Waals surface area (Å²) in [5.41, 5.74) is 1.21. The van der Waals surface area contributed by atoms with Crippen LogP contribution >= 0.6 is 0 Å². The van der Waals surface area contributed by atoms with Gasteiger partial charge < -0.3 is 4.98 Å². The van der Waals surface area contributed by atoms with E-state index in [1.807, 2.05) is 18.3 Å². The van der Waals surface area contributed by atoms with E-state index in [2.05, 4.69) is 28.5 Å². The molecule has 82 valence electrons. The van der Waals surface area contributed by atoms with Gasteiger partial charge in [0.1, 0.15) is 0 Å². The fraction of sp³-hybridized carbons (Fsp3) is 0.167. The molecule has 0 unspecified atom stereocenters. The molecule has 16 heavy (non-hydrogen) atoms. The van der Waals surface area contributed by atoms with Crippen LogP contribution in [0.1, 0.15) is 12.8 Å². The number of carbonyl (C=O) groups excluding carboxylic acids is 2. The van der Waals surface area contributed by atoms with Gasteiger partial charge in [0, 0.05) is 24.6 Å². The van der Waals surface area contributed by atoms with Gasteiger partial charge in [-0.3, -0.25) is 14.9 Å². The molecular weight excluding hydrogens is 204 g/mol. The molecule has 2 N–H and O–H groups in total. The van der Waals surface area contributed by atoms with Crippen LogP contribution in [-0.2, 0) is 9.59 Å². The average molecular weight is 216 g/mol. The number of rotatable bonds is 0. The topological polar surface area (TPSA) is 62.0 Å². The summed E-state index contributed by atoms with van der Waals surface area (Å²) in [6.07, 6.45) is 2.70. The zero-order valence-electron chi connectivity index (χ0n) is 8.69. The Balaban J connectivity index is 0.000000125. The van der Waals surface area contributed by atoms with Gasteiger partial charge in [-0.2, -0.15) is 0 Å². The van der Waals surface area contributed by atoms with Crippen molar-refractivity contribution < 1.29 is 9.59 Å². The van der Waals surface area contributed by atoms with Crippen LogP contribution in [0.4, 0.5) is 0 Å². The second kappa shape index (κ2) is 4.61. The van der Waals surface area contributed by atoms with Crippen molar-refractivity contribution in [3.8, 4) is 0 Å². The predicted molar refractivity (Wildman–Crippen MR) is 60.7 cm³/mol. The molecular formula is C12H12N2O2. The van der Waals surface area contributed by atoms with Gasteiger partial charge in [-0.15, -0.1) is 0 Å². The molecule has 2 heterocycles. The van der Waals surface area contributed by atoms with Gasteiger partial charge in [-0.25, -0.2) is 0 Å². The summed E-state index contributed by atoms with van der Waals surface area (Å²) >= 11 is 0. The molecule has 0 aliphatic carbocycles. The predicted octanol–water partition coefficient (Wildman–Crippen LogP) is 1.59. The fourth-order valence-electron chi connectivity index (χ4n) is 1.50. The Morgan fingerprint density at radius 3 is 2.19 bits per heavy atom. The normalized spacial score (nSPS) is 14.5. The standard InChI is InChI=1S/C8H7N.C4H5NO2/c1-2-4-8-7(3-1)5-6-9-8;6-3-1-2-4(7)5-3/h1-6,9H;1-2H2,(H,5,6,7). The Bertz CT molecular complexity index is 472. The summed E-state index contributed by atoms with van der Waals surface area (Å²) in [6.45, 7) is 0. The van der Waals surface area contributed by atoms with E-state index in [1.165, 1.54) is 10.9 Å². The number of imide groups is 1. The molecule has 0 spiro atoms. The molecule has 1 aliphatic rings. The molecule has 1 aromatic carbocycles. The number of H-pyrrole nitrogens is 1. The molecule has 0 bridgehead atoms. The number of benzene rings is 1. The Hall–Kier alpha value is -2.10. The lowest BCUT2D eigenvalue weighted by molar-refractivity contribution is -0.124. The lowest BCUT2D eigenvalue weighted by Crippen LogP contribution is -2.18. The molecule has 1 saturated heterocycles. The lowest BCUT2D eigenvalue weighted by Gasteiger charge is -1.83. The highest BCUT2D eigenvalue weighted by Gasteiger charge is 2.15. The highest BCUT2D eigenvalue weighted by molar-refractivity contribution is 6.01. The fourth-order valence-corrected chi connectivity index (χ4v) is 1.50. The third-order valence-electron chi connectivity index (χ3n) is 2.32. The second-order valence-electron chi connectivity index (χ2n) is 3.54. The van der Waals surface area contributed by atoms with Crippen LogP contribution in [0.15, 0.2) is 36.5 Å². The molecule has 3 rings (SSSR count). The van der Waals surface area contributed by atoms with E-state index in [0.29, 0.717) is 12.8 Å². The monoisotopic (exact) mass is 216 g/mol. The maximum absolute atomic E-state index is 10.1. The molecule has 0 atom stereocenters. The molecule has 1 fully saturated rings. The molecule has 1 aliphatic heterocycles. The molecule has 2 aromatic rings. The number of hydrogen-bond acceptors (Lipinski definition) is 2. The average Bonchev–Trinajstić information content (AvgIpc) is 2.88. The number of nitrogens with one attached hydrogen (secondary N) is 2. The van der Waals surface area contributed by atoms with Crippen LogP contribution in [0.2, 0.25) is 0 Å². The first-order valence-corrected chi connectivity index (χ1v) is 5.10. The zero-order valence-corrected chi connectivity index (χ0v) is 8.69. The third-order valence-corrected chi connectivity index (χ3v) is 2.32. The highest BCUT2D eigenvalue weighted by atomic mass is 16.2. The molecule has 1 aromatic heterocycles. The number of hydrogen-bond donors (Lipinski definition) is 2. The van der Waals surface area contributed by atoms with Crippen molar-refractivity contribution in [2.75, 3.05) is 0 Å². The number of amides is 2. The van der Waals surface area contributed by atoms with Crippen LogP contribution in [0.5, 0.6) is 0 Å². The van der Waals surface area contributed by atoms with Gasteiger partial charge in [-0.05, 0) is 17.5 Å². The van der Waals surface area contributed by atoms with Crippen molar-refractivity contribution in [3.05, 3.63) is 36.5 Å². The van der Waals surface area contributed by atoms with E-state index in [-0.39, 0.29) is 11.8 Å². The Kier molecular flexibility index (Phi) is 3.00. The van der Waals surface area contributed by atoms with Crippen molar-refractivity contribution in [2.45, 2.75) is 12.8 Å². The molecule has 4 nitrogen and oxygen atoms in total. The van der Waals surface area contributed by atoms with Crippen molar-refractivity contribution in [1.82, 2.24) is 10.3 Å². The van der Waals surface area contributed by atoms with Gasteiger partial charge in [0.2, 0.25) is 11.8 Å². The number of carbonyl (C=O) groups is 2. The van der Waals surface area contributed by atoms with Gasteiger partial charge >= 0.3 is 0 Å². The Labute approximate surface area is 92.7 Å². The summed E-state index contributed by atoms with van der Waals surface area (Å²) in [5, 5.41) is 3.41. The van der Waals surface area contributed by atoms with Crippen LogP contribution in [-0.4, -0.2) is 16.8 Å². The minimum absolute atomic E-state index is 0.148. The summed E-state index contributed by atoms with van der Waals surface area (Å²) in [4.78, 5) is 23.4. The summed E-state index contributed by atoms with van der Waals surface area (Å²) in [5.74, 6) is -0.296. The van der Waals surface area contributed by atoms with Crippen molar-refractivity contribution in [1.29, 1.82) is 0 Å². The SMILES string of the molecule is O=C1CCC(=O)N1.c1ccc2[nH]ccc2c1. The van der Waals surface area contributed by atoms with Crippen LogP contribution < -0.4 is 5.32 Å². The largest absolute Gasteiger partial charge is 0.361 e. The highest BCUT2D eigenvalue weighted by Crippen LogP contribution is 2.09. The van der Waals surface area contributed by atoms with E-state index >= 15 is 0 Å². The molecule has 0 saturated carbocycles. The van der Waals surface area contributed by atoms with Crippen molar-refractivity contribution >= 4 is 22.7 Å². The number of aromatic nitrogens is 1.